The summed E-state index contributed by atoms with van der Waals surface area (Å²) in [6, 6.07) is 11.1. The number of imidazole rings is 1. The second-order valence-corrected chi connectivity index (χ2v) is 9.37. The molecule has 5 rings (SSSR count). The first-order valence-electron chi connectivity index (χ1n) is 12.2. The largest absolute Gasteiger partial charge is 0.474 e. The van der Waals surface area contributed by atoms with Gasteiger partial charge in [-0.15, -0.1) is 0 Å². The van der Waals surface area contributed by atoms with Gasteiger partial charge in [-0.3, -0.25) is 13.9 Å². The summed E-state index contributed by atoms with van der Waals surface area (Å²) < 4.78 is 10.4. The van der Waals surface area contributed by atoms with Crippen LogP contribution in [0.1, 0.15) is 38.2 Å². The number of aryl methyl sites for hydroxylation is 1. The zero-order valence-corrected chi connectivity index (χ0v) is 20.8. The Bertz CT molecular complexity index is 1480. The summed E-state index contributed by atoms with van der Waals surface area (Å²) in [6.07, 6.45) is 5.46. The molecule has 3 heterocycles. The number of pyridine rings is 1. The van der Waals surface area contributed by atoms with Crippen molar-refractivity contribution in [3.05, 3.63) is 74.0 Å². The number of aliphatic hydroxyl groups is 1. The second-order valence-electron chi connectivity index (χ2n) is 8.94. The van der Waals surface area contributed by atoms with E-state index in [9.17, 15) is 14.7 Å². The molecular weight excluding hydrogens is 482 g/mol. The third-order valence-electron chi connectivity index (χ3n) is 6.56. The Kier molecular flexibility index (Phi) is 6.93. The van der Waals surface area contributed by atoms with E-state index in [0.29, 0.717) is 53.0 Å². The average Bonchev–Trinajstić information content (AvgIpc) is 3.22. The van der Waals surface area contributed by atoms with Crippen LogP contribution in [-0.4, -0.2) is 41.5 Å². The third kappa shape index (κ3) is 4.56. The molecule has 10 heteroatoms. The molecule has 0 radical (unpaired) electrons. The molecule has 1 aliphatic rings. The summed E-state index contributed by atoms with van der Waals surface area (Å²) >= 11 is 6.08. The topological polar surface area (TPSA) is 104 Å². The number of aliphatic hydroxyl groups excluding tert-OH is 1. The Labute approximate surface area is 212 Å². The molecular formula is C26H28ClN5O4. The number of aromatic nitrogens is 5. The van der Waals surface area contributed by atoms with Gasteiger partial charge in [0.15, 0.2) is 11.2 Å². The highest BCUT2D eigenvalue weighted by Gasteiger charge is 2.23. The summed E-state index contributed by atoms with van der Waals surface area (Å²) in [5.41, 5.74) is 1.42. The zero-order chi connectivity index (χ0) is 25.2. The van der Waals surface area contributed by atoms with E-state index in [4.69, 9.17) is 21.3 Å². The molecule has 4 aromatic rings. The molecule has 0 spiro atoms. The van der Waals surface area contributed by atoms with Gasteiger partial charge in [-0.2, -0.15) is 0 Å². The number of ether oxygens (including phenoxy) is 1. The SMILES string of the molecule is CCn1c(=O)n(CCCO)c(=O)c2c1nc(-c1ccc(OC3CCC3)nc1)n2Cc1ccc(Cl)cc1. The monoisotopic (exact) mass is 509 g/mol. The van der Waals surface area contributed by atoms with E-state index < -0.39 is 11.2 Å². The average molecular weight is 510 g/mol. The van der Waals surface area contributed by atoms with Gasteiger partial charge >= 0.3 is 5.69 Å². The standard InChI is InChI=1S/C26H28ClN5O4/c1-2-30-24-22(25(34)31(26(30)35)13-4-14-33)32(16-17-7-10-19(27)11-8-17)23(29-24)18-9-12-21(28-15-18)36-20-5-3-6-20/h7-12,15,20,33H,2-6,13-14,16H2,1H3. The molecule has 0 saturated heterocycles. The lowest BCUT2D eigenvalue weighted by Gasteiger charge is -2.25. The predicted octanol–water partition coefficient (Wildman–Crippen LogP) is 3.46. The summed E-state index contributed by atoms with van der Waals surface area (Å²) in [5.74, 6) is 1.09. The Morgan fingerprint density at radius 2 is 1.86 bits per heavy atom. The van der Waals surface area contributed by atoms with E-state index in [1.54, 1.807) is 18.3 Å². The molecule has 0 amide bonds. The molecule has 36 heavy (non-hydrogen) atoms. The molecule has 188 valence electrons. The Morgan fingerprint density at radius 1 is 1.08 bits per heavy atom. The quantitative estimate of drug-likeness (QED) is 0.370. The van der Waals surface area contributed by atoms with E-state index >= 15 is 0 Å². The molecule has 1 N–H and O–H groups in total. The van der Waals surface area contributed by atoms with Gasteiger partial charge in [-0.1, -0.05) is 23.7 Å². The fourth-order valence-electron chi connectivity index (χ4n) is 4.39. The number of benzene rings is 1. The first kappa shape index (κ1) is 24.3. The van der Waals surface area contributed by atoms with Crippen LogP contribution in [0.3, 0.4) is 0 Å². The van der Waals surface area contributed by atoms with Gasteiger partial charge in [0.05, 0.1) is 0 Å². The zero-order valence-electron chi connectivity index (χ0n) is 20.1. The maximum Gasteiger partial charge on any atom is 0.332 e. The van der Waals surface area contributed by atoms with Crippen LogP contribution in [0.2, 0.25) is 5.02 Å². The molecule has 1 saturated carbocycles. The minimum Gasteiger partial charge on any atom is -0.474 e. The van der Waals surface area contributed by atoms with E-state index in [2.05, 4.69) is 4.98 Å². The summed E-state index contributed by atoms with van der Waals surface area (Å²) in [4.78, 5) is 36.0. The van der Waals surface area contributed by atoms with E-state index in [-0.39, 0.29) is 19.3 Å². The van der Waals surface area contributed by atoms with Crippen molar-refractivity contribution in [1.82, 2.24) is 23.7 Å². The fraction of sp³-hybridized carbons (Fsp3) is 0.385. The molecule has 9 nitrogen and oxygen atoms in total. The second kappa shape index (κ2) is 10.3. The molecule has 0 unspecified atom stereocenters. The van der Waals surface area contributed by atoms with Crippen molar-refractivity contribution in [1.29, 1.82) is 0 Å². The number of rotatable bonds is 9. The molecule has 0 bridgehead atoms. The van der Waals surface area contributed by atoms with Crippen molar-refractivity contribution >= 4 is 22.8 Å². The summed E-state index contributed by atoms with van der Waals surface area (Å²) in [7, 11) is 0. The smallest absolute Gasteiger partial charge is 0.332 e. The summed E-state index contributed by atoms with van der Waals surface area (Å²) in [6.45, 7) is 2.54. The lowest BCUT2D eigenvalue weighted by molar-refractivity contribution is 0.114. The first-order valence-corrected chi connectivity index (χ1v) is 12.6. The van der Waals surface area contributed by atoms with Crippen molar-refractivity contribution in [3.63, 3.8) is 0 Å². The van der Waals surface area contributed by atoms with Crippen LogP contribution in [-0.2, 0) is 19.6 Å². The molecule has 0 atom stereocenters. The van der Waals surface area contributed by atoms with Crippen LogP contribution in [0.5, 0.6) is 5.88 Å². The highest BCUT2D eigenvalue weighted by molar-refractivity contribution is 6.30. The fourth-order valence-corrected chi connectivity index (χ4v) is 4.52. The van der Waals surface area contributed by atoms with Gasteiger partial charge in [0.25, 0.3) is 5.56 Å². The lowest BCUT2D eigenvalue weighted by atomic mass is 9.96. The van der Waals surface area contributed by atoms with E-state index in [1.807, 2.05) is 35.8 Å². The Balaban J connectivity index is 1.68. The van der Waals surface area contributed by atoms with Crippen molar-refractivity contribution in [2.45, 2.75) is 58.3 Å². The number of nitrogens with zero attached hydrogens (tertiary/aromatic N) is 5. The Morgan fingerprint density at radius 3 is 2.47 bits per heavy atom. The van der Waals surface area contributed by atoms with Gasteiger partial charge in [0, 0.05) is 49.1 Å². The number of halogens is 1. The summed E-state index contributed by atoms with van der Waals surface area (Å²) in [5, 5.41) is 9.92. The lowest BCUT2D eigenvalue weighted by Crippen LogP contribution is -2.40. The van der Waals surface area contributed by atoms with Gasteiger partial charge < -0.3 is 14.4 Å². The van der Waals surface area contributed by atoms with E-state index in [1.165, 1.54) is 15.6 Å². The third-order valence-corrected chi connectivity index (χ3v) is 6.81. The van der Waals surface area contributed by atoms with Crippen LogP contribution in [0.15, 0.2) is 52.2 Å². The van der Waals surface area contributed by atoms with Gasteiger partial charge in [0.2, 0.25) is 5.88 Å². The minimum absolute atomic E-state index is 0.119. The maximum atomic E-state index is 13.6. The Hall–Kier alpha value is -3.43. The van der Waals surface area contributed by atoms with Crippen LogP contribution < -0.4 is 16.0 Å². The number of fused-ring (bicyclic) bond motifs is 1. The molecule has 1 aliphatic carbocycles. The maximum absolute atomic E-state index is 13.6. The molecule has 1 fully saturated rings. The molecule has 0 aliphatic heterocycles. The normalized spacial score (nSPS) is 13.8. The van der Waals surface area contributed by atoms with Crippen molar-refractivity contribution in [3.8, 4) is 17.3 Å². The number of hydrogen-bond acceptors (Lipinski definition) is 6. The molecule has 3 aromatic heterocycles. The minimum atomic E-state index is -0.437. The predicted molar refractivity (Wildman–Crippen MR) is 138 cm³/mol. The van der Waals surface area contributed by atoms with Crippen LogP contribution in [0.4, 0.5) is 0 Å². The van der Waals surface area contributed by atoms with Crippen molar-refractivity contribution in [2.75, 3.05) is 6.61 Å². The highest BCUT2D eigenvalue weighted by atomic mass is 35.5. The molecule has 1 aromatic carbocycles. The number of hydrogen-bond donors (Lipinski definition) is 1. The van der Waals surface area contributed by atoms with E-state index in [0.717, 1.165) is 18.4 Å². The van der Waals surface area contributed by atoms with Crippen LogP contribution >= 0.6 is 11.6 Å². The van der Waals surface area contributed by atoms with Gasteiger partial charge in [-0.25, -0.2) is 14.8 Å². The van der Waals surface area contributed by atoms with Gasteiger partial charge in [0.1, 0.15) is 11.9 Å². The highest BCUT2D eigenvalue weighted by Crippen LogP contribution is 2.27. The first-order chi connectivity index (χ1) is 17.5. The van der Waals surface area contributed by atoms with Crippen LogP contribution in [0.25, 0.3) is 22.6 Å². The van der Waals surface area contributed by atoms with Crippen LogP contribution in [0, 0.1) is 0 Å². The van der Waals surface area contributed by atoms with Crippen molar-refractivity contribution < 1.29 is 9.84 Å². The van der Waals surface area contributed by atoms with Gasteiger partial charge in [-0.05, 0) is 56.4 Å². The van der Waals surface area contributed by atoms with Crippen molar-refractivity contribution in [2.24, 2.45) is 0 Å².